The second-order valence-corrected chi connectivity index (χ2v) is 6.82. The van der Waals surface area contributed by atoms with Gasteiger partial charge in [-0.05, 0) is 56.8 Å². The molecule has 0 aromatic carbocycles. The van der Waals surface area contributed by atoms with Gasteiger partial charge in [0.25, 0.3) is 0 Å². The molecule has 0 aromatic heterocycles. The lowest BCUT2D eigenvalue weighted by atomic mass is 9.97. The van der Waals surface area contributed by atoms with Gasteiger partial charge in [0.15, 0.2) is 0 Å². The second kappa shape index (κ2) is 3.96. The van der Waals surface area contributed by atoms with E-state index in [9.17, 15) is 4.79 Å². The van der Waals surface area contributed by atoms with Crippen LogP contribution in [0.25, 0.3) is 0 Å². The Bertz CT molecular complexity index is 360. The van der Waals surface area contributed by atoms with Crippen molar-refractivity contribution in [3.8, 4) is 0 Å². The summed E-state index contributed by atoms with van der Waals surface area (Å²) in [5, 5.41) is 3.55. The number of carbonyl (C=O) groups is 1. The Hall–Kier alpha value is -0.570. The summed E-state index contributed by atoms with van der Waals surface area (Å²) >= 11 is 0. The first kappa shape index (κ1) is 12.5. The Balaban J connectivity index is 1.75. The van der Waals surface area contributed by atoms with E-state index < -0.39 is 0 Å². The molecule has 1 aliphatic heterocycles. The van der Waals surface area contributed by atoms with Crippen LogP contribution >= 0.6 is 0 Å². The van der Waals surface area contributed by atoms with Crippen LogP contribution in [0.15, 0.2) is 0 Å². The second-order valence-electron chi connectivity index (χ2n) is 6.82. The molecule has 0 spiro atoms. The maximum absolute atomic E-state index is 12.6. The highest BCUT2D eigenvalue weighted by Gasteiger charge is 2.57. The Labute approximate surface area is 110 Å². The van der Waals surface area contributed by atoms with Crippen molar-refractivity contribution in [2.75, 3.05) is 6.54 Å². The van der Waals surface area contributed by atoms with Crippen molar-refractivity contribution in [3.63, 3.8) is 0 Å². The van der Waals surface area contributed by atoms with Crippen LogP contribution in [0.5, 0.6) is 0 Å². The number of amides is 1. The van der Waals surface area contributed by atoms with Gasteiger partial charge in [-0.3, -0.25) is 10.1 Å². The van der Waals surface area contributed by atoms with E-state index in [1.807, 2.05) is 0 Å². The zero-order chi connectivity index (χ0) is 13.0. The summed E-state index contributed by atoms with van der Waals surface area (Å²) < 4.78 is 0. The molecule has 102 valence electrons. The number of carbonyl (C=O) groups excluding carboxylic acids is 1. The van der Waals surface area contributed by atoms with E-state index in [0.29, 0.717) is 11.3 Å². The first-order chi connectivity index (χ1) is 8.54. The van der Waals surface area contributed by atoms with Gasteiger partial charge in [0.2, 0.25) is 5.91 Å². The first-order valence-corrected chi connectivity index (χ1v) is 7.63. The van der Waals surface area contributed by atoms with Gasteiger partial charge in [0.05, 0.1) is 11.7 Å². The summed E-state index contributed by atoms with van der Waals surface area (Å²) in [7, 11) is 0. The fraction of sp³-hybridized carbons (Fsp3) is 0.933. The summed E-state index contributed by atoms with van der Waals surface area (Å²) in [6.07, 6.45) is 7.66. The molecule has 3 nitrogen and oxygen atoms in total. The molecule has 0 aromatic rings. The largest absolute Gasteiger partial charge is 0.325 e. The van der Waals surface area contributed by atoms with Crippen molar-refractivity contribution in [1.29, 1.82) is 0 Å². The van der Waals surface area contributed by atoms with Gasteiger partial charge < -0.3 is 4.90 Å². The van der Waals surface area contributed by atoms with Crippen LogP contribution in [-0.2, 0) is 4.79 Å². The molecule has 2 saturated carbocycles. The van der Waals surface area contributed by atoms with E-state index in [2.05, 4.69) is 31.0 Å². The molecule has 0 radical (unpaired) electrons. The molecular formula is C15H26N2O. The molecule has 1 heterocycles. The minimum absolute atomic E-state index is 0.263. The van der Waals surface area contributed by atoms with Crippen LogP contribution in [0, 0.1) is 11.3 Å². The van der Waals surface area contributed by atoms with Crippen LogP contribution in [0.3, 0.4) is 0 Å². The topological polar surface area (TPSA) is 32.3 Å². The molecule has 1 amide bonds. The number of rotatable bonds is 5. The molecule has 1 saturated heterocycles. The molecule has 2 aliphatic carbocycles. The van der Waals surface area contributed by atoms with E-state index in [1.54, 1.807) is 0 Å². The zero-order valence-corrected chi connectivity index (χ0v) is 12.0. The van der Waals surface area contributed by atoms with Crippen LogP contribution in [0.2, 0.25) is 0 Å². The molecule has 3 fully saturated rings. The highest BCUT2D eigenvalue weighted by atomic mass is 16.2. The minimum atomic E-state index is -0.319. The Kier molecular flexibility index (Phi) is 2.74. The van der Waals surface area contributed by atoms with Crippen molar-refractivity contribution in [1.82, 2.24) is 10.2 Å². The lowest BCUT2D eigenvalue weighted by Gasteiger charge is -2.28. The van der Waals surface area contributed by atoms with Gasteiger partial charge in [0.1, 0.15) is 0 Å². The highest BCUT2D eigenvalue weighted by Crippen LogP contribution is 2.61. The van der Waals surface area contributed by atoms with Crippen LogP contribution in [0.1, 0.15) is 59.3 Å². The van der Waals surface area contributed by atoms with Gasteiger partial charge in [-0.15, -0.1) is 0 Å². The smallest absolute Gasteiger partial charge is 0.243 e. The molecule has 2 atom stereocenters. The molecule has 0 bridgehead atoms. The molecule has 3 rings (SSSR count). The van der Waals surface area contributed by atoms with Gasteiger partial charge in [-0.2, -0.15) is 0 Å². The Morgan fingerprint density at radius 3 is 2.44 bits per heavy atom. The fourth-order valence-electron chi connectivity index (χ4n) is 3.61. The number of hydrogen-bond acceptors (Lipinski definition) is 2. The third-order valence-corrected chi connectivity index (χ3v) is 5.51. The predicted molar refractivity (Wildman–Crippen MR) is 72.0 cm³/mol. The molecule has 18 heavy (non-hydrogen) atoms. The zero-order valence-electron chi connectivity index (χ0n) is 12.0. The number of nitrogens with one attached hydrogen (secondary N) is 1. The molecule has 3 aliphatic rings. The van der Waals surface area contributed by atoms with E-state index in [0.717, 1.165) is 25.3 Å². The van der Waals surface area contributed by atoms with Crippen molar-refractivity contribution in [3.05, 3.63) is 0 Å². The number of nitrogens with zero attached hydrogens (tertiary/aromatic N) is 1. The maximum atomic E-state index is 12.6. The normalized spacial score (nSPS) is 38.3. The average molecular weight is 250 g/mol. The minimum Gasteiger partial charge on any atom is -0.325 e. The van der Waals surface area contributed by atoms with Gasteiger partial charge in [-0.25, -0.2) is 0 Å². The summed E-state index contributed by atoms with van der Waals surface area (Å²) in [5.41, 5.74) is 0.198. The van der Waals surface area contributed by atoms with Crippen molar-refractivity contribution >= 4 is 5.91 Å². The maximum Gasteiger partial charge on any atom is 0.243 e. The van der Waals surface area contributed by atoms with E-state index in [-0.39, 0.29) is 11.7 Å². The SMILES string of the molecule is CCC1NC(C)(CC)C(=O)N1CC1(C2CC2)CC1. The fourth-order valence-corrected chi connectivity index (χ4v) is 3.61. The summed E-state index contributed by atoms with van der Waals surface area (Å²) in [6.45, 7) is 7.36. The standard InChI is InChI=1S/C15H26N2O/c1-4-12-16-14(3,5-2)13(18)17(12)10-15(8-9-15)11-6-7-11/h11-12,16H,4-10H2,1-3H3. The van der Waals surface area contributed by atoms with Gasteiger partial charge in [0, 0.05) is 6.54 Å². The summed E-state index contributed by atoms with van der Waals surface area (Å²) in [5.74, 6) is 1.26. The highest BCUT2D eigenvalue weighted by molar-refractivity contribution is 5.88. The van der Waals surface area contributed by atoms with Crippen molar-refractivity contribution in [2.45, 2.75) is 71.0 Å². The summed E-state index contributed by atoms with van der Waals surface area (Å²) in [4.78, 5) is 14.8. The van der Waals surface area contributed by atoms with Gasteiger partial charge in [-0.1, -0.05) is 13.8 Å². The predicted octanol–water partition coefficient (Wildman–Crippen LogP) is 2.51. The molecule has 1 N–H and O–H groups in total. The van der Waals surface area contributed by atoms with Gasteiger partial charge >= 0.3 is 0 Å². The molecular weight excluding hydrogens is 224 g/mol. The van der Waals surface area contributed by atoms with E-state index >= 15 is 0 Å². The third-order valence-electron chi connectivity index (χ3n) is 5.51. The van der Waals surface area contributed by atoms with E-state index in [1.165, 1.54) is 25.7 Å². The Morgan fingerprint density at radius 2 is 2.00 bits per heavy atom. The Morgan fingerprint density at radius 1 is 1.33 bits per heavy atom. The van der Waals surface area contributed by atoms with Crippen molar-refractivity contribution < 1.29 is 4.79 Å². The quantitative estimate of drug-likeness (QED) is 0.813. The lowest BCUT2D eigenvalue weighted by Crippen LogP contribution is -2.43. The van der Waals surface area contributed by atoms with Crippen LogP contribution < -0.4 is 5.32 Å². The molecule has 2 unspecified atom stereocenters. The van der Waals surface area contributed by atoms with Crippen molar-refractivity contribution in [2.24, 2.45) is 11.3 Å². The monoisotopic (exact) mass is 250 g/mol. The molecule has 3 heteroatoms. The average Bonchev–Trinajstić information content (AvgIpc) is 3.24. The van der Waals surface area contributed by atoms with Crippen LogP contribution in [-0.4, -0.2) is 29.1 Å². The third kappa shape index (κ3) is 1.78. The van der Waals surface area contributed by atoms with E-state index in [4.69, 9.17) is 0 Å². The lowest BCUT2D eigenvalue weighted by molar-refractivity contribution is -0.133. The number of hydrogen-bond donors (Lipinski definition) is 1. The van der Waals surface area contributed by atoms with Crippen LogP contribution in [0.4, 0.5) is 0 Å². The summed E-state index contributed by atoms with van der Waals surface area (Å²) in [6, 6.07) is 0. The first-order valence-electron chi connectivity index (χ1n) is 7.63.